The predicted molar refractivity (Wildman–Crippen MR) is 47.7 cm³/mol. The molecule has 0 saturated heterocycles. The van der Waals surface area contributed by atoms with E-state index >= 15 is 0 Å². The van der Waals surface area contributed by atoms with Gasteiger partial charge in [-0.3, -0.25) is 0 Å². The van der Waals surface area contributed by atoms with Crippen LogP contribution in [0.1, 0.15) is 5.56 Å². The molecule has 1 aromatic carbocycles. The third-order valence-electron chi connectivity index (χ3n) is 1.66. The van der Waals surface area contributed by atoms with Gasteiger partial charge in [0.05, 0.1) is 12.2 Å². The maximum atomic E-state index is 12.1. The molecule has 0 unspecified atom stereocenters. The van der Waals surface area contributed by atoms with Crippen LogP contribution in [0.4, 0.5) is 13.2 Å². The molecular weight excluding hydrogens is 209 g/mol. The smallest absolute Gasteiger partial charge is 0.416 e. The first-order valence-corrected chi connectivity index (χ1v) is 4.24. The fourth-order valence-corrected chi connectivity index (χ4v) is 0.912. The minimum Gasteiger partial charge on any atom is -0.491 e. The Hall–Kier alpha value is -1.23. The quantitative estimate of drug-likeness (QED) is 0.724. The lowest BCUT2D eigenvalue weighted by Crippen LogP contribution is -2.06. The van der Waals surface area contributed by atoms with E-state index in [0.29, 0.717) is 13.2 Å². The molecule has 0 aromatic heterocycles. The van der Waals surface area contributed by atoms with Crippen LogP contribution in [0.3, 0.4) is 0 Å². The Labute approximate surface area is 85.6 Å². The van der Waals surface area contributed by atoms with Crippen LogP contribution in [0, 0.1) is 6.07 Å². The van der Waals surface area contributed by atoms with Gasteiger partial charge in [0, 0.05) is 13.2 Å². The summed E-state index contributed by atoms with van der Waals surface area (Å²) >= 11 is 0. The van der Waals surface area contributed by atoms with Crippen molar-refractivity contribution in [3.63, 3.8) is 0 Å². The maximum absolute atomic E-state index is 12.1. The van der Waals surface area contributed by atoms with Crippen LogP contribution in [-0.2, 0) is 10.9 Å². The standard InChI is InChI=1S/C10H10F3O2/c1-14-6-7-15-9-4-2-8(3-5-9)10(11,12)13/h2-4H,6-7H2,1H3. The molecule has 0 fully saturated rings. The fraction of sp³-hybridized carbons (Fsp3) is 0.400. The summed E-state index contributed by atoms with van der Waals surface area (Å²) in [7, 11) is 1.51. The highest BCUT2D eigenvalue weighted by molar-refractivity contribution is 5.27. The summed E-state index contributed by atoms with van der Waals surface area (Å²) in [6.45, 7) is 0.674. The zero-order valence-electron chi connectivity index (χ0n) is 8.10. The first-order valence-electron chi connectivity index (χ1n) is 4.24. The van der Waals surface area contributed by atoms with Crippen molar-refractivity contribution in [1.29, 1.82) is 0 Å². The summed E-state index contributed by atoms with van der Waals surface area (Å²) in [5, 5.41) is 0. The van der Waals surface area contributed by atoms with E-state index in [4.69, 9.17) is 9.47 Å². The van der Waals surface area contributed by atoms with Crippen molar-refractivity contribution in [2.75, 3.05) is 20.3 Å². The summed E-state index contributed by atoms with van der Waals surface area (Å²) in [5.74, 6) is 0.278. The van der Waals surface area contributed by atoms with E-state index < -0.39 is 11.7 Å². The van der Waals surface area contributed by atoms with Crippen LogP contribution in [0.15, 0.2) is 18.2 Å². The molecule has 5 heteroatoms. The molecule has 0 heterocycles. The molecule has 1 rings (SSSR count). The van der Waals surface area contributed by atoms with Gasteiger partial charge in [-0.05, 0) is 18.2 Å². The number of ether oxygens (including phenoxy) is 2. The zero-order valence-corrected chi connectivity index (χ0v) is 8.10. The second kappa shape index (κ2) is 5.02. The average molecular weight is 219 g/mol. The van der Waals surface area contributed by atoms with Gasteiger partial charge < -0.3 is 9.47 Å². The topological polar surface area (TPSA) is 18.5 Å². The van der Waals surface area contributed by atoms with Gasteiger partial charge in [-0.2, -0.15) is 13.2 Å². The monoisotopic (exact) mass is 219 g/mol. The molecular formula is C10H10F3O2. The Morgan fingerprint density at radius 3 is 2.47 bits per heavy atom. The van der Waals surface area contributed by atoms with Crippen molar-refractivity contribution < 1.29 is 22.6 Å². The van der Waals surface area contributed by atoms with Crippen molar-refractivity contribution in [3.05, 3.63) is 29.8 Å². The summed E-state index contributed by atoms with van der Waals surface area (Å²) in [4.78, 5) is 0. The molecule has 0 aliphatic carbocycles. The van der Waals surface area contributed by atoms with E-state index in [1.165, 1.54) is 13.2 Å². The number of rotatable bonds is 4. The van der Waals surface area contributed by atoms with Crippen molar-refractivity contribution in [3.8, 4) is 5.75 Å². The first kappa shape index (κ1) is 11.8. The highest BCUT2D eigenvalue weighted by atomic mass is 19.4. The van der Waals surface area contributed by atoms with Crippen LogP contribution in [-0.4, -0.2) is 20.3 Å². The fourth-order valence-electron chi connectivity index (χ4n) is 0.912. The van der Waals surface area contributed by atoms with Crippen LogP contribution >= 0.6 is 0 Å². The largest absolute Gasteiger partial charge is 0.491 e. The molecule has 0 saturated carbocycles. The van der Waals surface area contributed by atoms with E-state index in [0.717, 1.165) is 12.1 Å². The molecule has 83 valence electrons. The van der Waals surface area contributed by atoms with E-state index in [-0.39, 0.29) is 5.75 Å². The summed E-state index contributed by atoms with van der Waals surface area (Å²) < 4.78 is 46.2. The lowest BCUT2D eigenvalue weighted by Gasteiger charge is -2.08. The minimum atomic E-state index is -4.33. The van der Waals surface area contributed by atoms with Gasteiger partial charge >= 0.3 is 6.18 Å². The Morgan fingerprint density at radius 2 is 2.00 bits per heavy atom. The van der Waals surface area contributed by atoms with Crippen LogP contribution in [0.25, 0.3) is 0 Å². The summed E-state index contributed by atoms with van der Waals surface area (Å²) in [6, 6.07) is 5.46. The van der Waals surface area contributed by atoms with Crippen molar-refractivity contribution >= 4 is 0 Å². The maximum Gasteiger partial charge on any atom is 0.416 e. The Morgan fingerprint density at radius 1 is 1.27 bits per heavy atom. The van der Waals surface area contributed by atoms with Crippen LogP contribution < -0.4 is 4.74 Å². The van der Waals surface area contributed by atoms with Gasteiger partial charge in [-0.1, -0.05) is 0 Å². The van der Waals surface area contributed by atoms with E-state index in [1.807, 2.05) is 0 Å². The highest BCUT2D eigenvalue weighted by Gasteiger charge is 2.30. The highest BCUT2D eigenvalue weighted by Crippen LogP contribution is 2.29. The molecule has 0 aliphatic rings. The molecule has 1 aromatic rings. The van der Waals surface area contributed by atoms with Crippen LogP contribution in [0.2, 0.25) is 0 Å². The first-order chi connectivity index (χ1) is 7.04. The number of hydrogen-bond donors (Lipinski definition) is 0. The zero-order chi connectivity index (χ0) is 11.3. The van der Waals surface area contributed by atoms with Crippen LogP contribution in [0.5, 0.6) is 5.75 Å². The van der Waals surface area contributed by atoms with Gasteiger partial charge in [-0.25, -0.2) is 0 Å². The second-order valence-electron chi connectivity index (χ2n) is 2.78. The molecule has 0 aliphatic heterocycles. The molecule has 0 N–H and O–H groups in total. The van der Waals surface area contributed by atoms with Crippen molar-refractivity contribution in [2.24, 2.45) is 0 Å². The van der Waals surface area contributed by atoms with Crippen molar-refractivity contribution in [1.82, 2.24) is 0 Å². The third kappa shape index (κ3) is 3.79. The van der Waals surface area contributed by atoms with Gasteiger partial charge in [0.1, 0.15) is 12.4 Å². The van der Waals surface area contributed by atoms with E-state index in [1.54, 1.807) is 0 Å². The summed E-state index contributed by atoms with van der Waals surface area (Å²) in [5.41, 5.74) is -0.735. The molecule has 15 heavy (non-hydrogen) atoms. The van der Waals surface area contributed by atoms with E-state index in [2.05, 4.69) is 6.07 Å². The lowest BCUT2D eigenvalue weighted by atomic mass is 10.2. The Balaban J connectivity index is 2.57. The predicted octanol–water partition coefficient (Wildman–Crippen LogP) is 2.53. The molecule has 2 nitrogen and oxygen atoms in total. The normalized spacial score (nSPS) is 11.5. The number of alkyl halides is 3. The Bertz CT molecular complexity index is 293. The molecule has 1 radical (unpaired) electrons. The van der Waals surface area contributed by atoms with Gasteiger partial charge in [-0.15, -0.1) is 0 Å². The summed E-state index contributed by atoms with van der Waals surface area (Å²) in [6.07, 6.45) is -4.33. The van der Waals surface area contributed by atoms with Gasteiger partial charge in [0.15, 0.2) is 0 Å². The third-order valence-corrected chi connectivity index (χ3v) is 1.66. The second-order valence-corrected chi connectivity index (χ2v) is 2.78. The Kier molecular flexibility index (Phi) is 3.96. The molecule has 0 spiro atoms. The average Bonchev–Trinajstić information content (AvgIpc) is 2.18. The number of benzene rings is 1. The lowest BCUT2D eigenvalue weighted by molar-refractivity contribution is -0.137. The molecule has 0 atom stereocenters. The van der Waals surface area contributed by atoms with Gasteiger partial charge in [0.2, 0.25) is 0 Å². The van der Waals surface area contributed by atoms with E-state index in [9.17, 15) is 13.2 Å². The number of halogens is 3. The van der Waals surface area contributed by atoms with Crippen molar-refractivity contribution in [2.45, 2.75) is 6.18 Å². The minimum absolute atomic E-state index is 0.278. The SMILES string of the molecule is COCCOc1[c]cc(C(F)(F)F)cc1. The number of hydrogen-bond acceptors (Lipinski definition) is 2. The van der Waals surface area contributed by atoms with Gasteiger partial charge in [0.25, 0.3) is 0 Å². The molecule has 0 bridgehead atoms. The number of methoxy groups -OCH3 is 1. The molecule has 0 amide bonds.